The van der Waals surface area contributed by atoms with Gasteiger partial charge in [0.1, 0.15) is 0 Å². The van der Waals surface area contributed by atoms with Crippen molar-refractivity contribution in [3.8, 4) is 0 Å². The number of Topliss-reactive ketones (excluding diaryl/α,β-unsaturated/α-hetero) is 1. The summed E-state index contributed by atoms with van der Waals surface area (Å²) < 4.78 is 81.2. The van der Waals surface area contributed by atoms with Gasteiger partial charge in [-0.05, 0) is 55.3 Å². The maximum Gasteiger partial charge on any atom is 0.416 e. The van der Waals surface area contributed by atoms with Crippen LogP contribution >= 0.6 is 0 Å². The molecule has 1 N–H and O–H groups in total. The third-order valence-electron chi connectivity index (χ3n) is 7.51. The topological polar surface area (TPSA) is 73.5 Å². The van der Waals surface area contributed by atoms with E-state index in [-0.39, 0.29) is 43.5 Å². The lowest BCUT2D eigenvalue weighted by Gasteiger charge is -2.42. The molecule has 6 nitrogen and oxygen atoms in total. The minimum Gasteiger partial charge on any atom is -0.361 e. The normalized spacial score (nSPS) is 16.0. The molecule has 1 aromatic heterocycles. The minimum absolute atomic E-state index is 0.0219. The van der Waals surface area contributed by atoms with E-state index in [0.717, 1.165) is 16.5 Å². The molecule has 224 valence electrons. The number of nitrogens with one attached hydrogen (secondary N) is 1. The number of nitrogens with zero attached hydrogens (tertiary/aromatic N) is 2. The Balaban J connectivity index is 1.51. The molecule has 1 aliphatic rings. The van der Waals surface area contributed by atoms with Crippen molar-refractivity contribution in [3.63, 3.8) is 0 Å². The van der Waals surface area contributed by atoms with Gasteiger partial charge in [0, 0.05) is 53.4 Å². The van der Waals surface area contributed by atoms with Gasteiger partial charge < -0.3 is 14.8 Å². The van der Waals surface area contributed by atoms with Gasteiger partial charge in [-0.15, -0.1) is 0 Å². The fraction of sp³-hybridized carbons (Fsp3) is 0.258. The van der Waals surface area contributed by atoms with E-state index in [0.29, 0.717) is 17.7 Å². The fourth-order valence-corrected chi connectivity index (χ4v) is 5.33. The molecule has 0 radical (unpaired) electrons. The standard InChI is InChI=1S/C31H25F6N3O3/c1-18(41)19-5-4-6-20(11-19)28(42)39-9-10-40(25(17-39)14-22-16-38-27-8-3-2-7-26(22)27)29(43)21-12-23(30(32,33)34)15-24(13-21)31(35,36)37/h2-8,11-13,15-16,25,38H,9-10,14,17H2,1H3/t25-/m1/s1. The molecule has 3 aromatic carbocycles. The SMILES string of the molecule is CC(=O)c1cccc(C(=O)N2CCN(C(=O)c3cc(C(F)(F)F)cc(C(F)(F)F)c3)[C@H](Cc3c[nH]c4ccccc34)C2)c1. The highest BCUT2D eigenvalue weighted by atomic mass is 19.4. The van der Waals surface area contributed by atoms with E-state index >= 15 is 0 Å². The maximum absolute atomic E-state index is 13.7. The molecule has 5 rings (SSSR count). The molecule has 0 saturated carbocycles. The van der Waals surface area contributed by atoms with Crippen molar-refractivity contribution >= 4 is 28.5 Å². The molecule has 1 fully saturated rings. The van der Waals surface area contributed by atoms with E-state index in [1.165, 1.54) is 22.8 Å². The van der Waals surface area contributed by atoms with Crippen molar-refractivity contribution in [1.29, 1.82) is 0 Å². The number of ketones is 1. The highest BCUT2D eigenvalue weighted by Crippen LogP contribution is 2.37. The largest absolute Gasteiger partial charge is 0.416 e. The fourth-order valence-electron chi connectivity index (χ4n) is 5.33. The minimum atomic E-state index is -5.11. The number of hydrogen-bond donors (Lipinski definition) is 1. The quantitative estimate of drug-likeness (QED) is 0.207. The number of benzene rings is 3. The Morgan fingerprint density at radius 3 is 2.09 bits per heavy atom. The Morgan fingerprint density at radius 2 is 1.44 bits per heavy atom. The lowest BCUT2D eigenvalue weighted by atomic mass is 9.98. The number of rotatable bonds is 5. The Kier molecular flexibility index (Phi) is 7.80. The number of fused-ring (bicyclic) bond motifs is 1. The van der Waals surface area contributed by atoms with Crippen LogP contribution in [-0.4, -0.2) is 58.1 Å². The number of piperazine rings is 1. The van der Waals surface area contributed by atoms with E-state index in [1.54, 1.807) is 24.4 Å². The van der Waals surface area contributed by atoms with E-state index in [1.807, 2.05) is 24.3 Å². The lowest BCUT2D eigenvalue weighted by molar-refractivity contribution is -0.143. The van der Waals surface area contributed by atoms with Gasteiger partial charge in [-0.2, -0.15) is 26.3 Å². The Labute approximate surface area is 241 Å². The van der Waals surface area contributed by atoms with Gasteiger partial charge in [0.05, 0.1) is 17.2 Å². The van der Waals surface area contributed by atoms with Gasteiger partial charge in [-0.1, -0.05) is 30.3 Å². The zero-order valence-electron chi connectivity index (χ0n) is 22.7. The first-order valence-electron chi connectivity index (χ1n) is 13.3. The van der Waals surface area contributed by atoms with E-state index < -0.39 is 46.9 Å². The van der Waals surface area contributed by atoms with Crippen molar-refractivity contribution < 1.29 is 40.7 Å². The summed E-state index contributed by atoms with van der Waals surface area (Å²) in [5, 5.41) is 0.825. The molecule has 0 aliphatic carbocycles. The number of para-hydroxylation sites is 1. The molecule has 2 amide bonds. The van der Waals surface area contributed by atoms with Crippen molar-refractivity contribution in [1.82, 2.24) is 14.8 Å². The van der Waals surface area contributed by atoms with Crippen LogP contribution in [0.1, 0.15) is 54.7 Å². The van der Waals surface area contributed by atoms with Crippen LogP contribution in [0, 0.1) is 0 Å². The van der Waals surface area contributed by atoms with Crippen LogP contribution in [0.3, 0.4) is 0 Å². The molecule has 0 spiro atoms. The molecule has 1 atom stereocenters. The van der Waals surface area contributed by atoms with Gasteiger partial charge in [-0.3, -0.25) is 14.4 Å². The van der Waals surface area contributed by atoms with E-state index in [4.69, 9.17) is 0 Å². The van der Waals surface area contributed by atoms with E-state index in [9.17, 15) is 40.7 Å². The summed E-state index contributed by atoms with van der Waals surface area (Å²) in [5.41, 5.74) is -1.79. The van der Waals surface area contributed by atoms with Crippen LogP contribution in [0.4, 0.5) is 26.3 Å². The van der Waals surface area contributed by atoms with Crippen molar-refractivity contribution in [3.05, 3.63) is 106 Å². The molecule has 0 unspecified atom stereocenters. The third kappa shape index (κ3) is 6.27. The van der Waals surface area contributed by atoms with Crippen LogP contribution in [0.5, 0.6) is 0 Å². The second kappa shape index (κ2) is 11.2. The van der Waals surface area contributed by atoms with Crippen LogP contribution in [0.25, 0.3) is 10.9 Å². The number of hydrogen-bond acceptors (Lipinski definition) is 3. The highest BCUT2D eigenvalue weighted by Gasteiger charge is 2.39. The molecule has 2 heterocycles. The van der Waals surface area contributed by atoms with E-state index in [2.05, 4.69) is 4.98 Å². The molecule has 1 saturated heterocycles. The average Bonchev–Trinajstić information content (AvgIpc) is 3.38. The Bertz CT molecular complexity index is 1680. The number of halogens is 6. The summed E-state index contributed by atoms with van der Waals surface area (Å²) in [6.07, 6.45) is -8.34. The van der Waals surface area contributed by atoms with Gasteiger partial charge in [-0.25, -0.2) is 0 Å². The molecule has 0 bridgehead atoms. The van der Waals surface area contributed by atoms with Gasteiger partial charge in [0.25, 0.3) is 11.8 Å². The first-order valence-corrected chi connectivity index (χ1v) is 13.3. The number of aromatic amines is 1. The van der Waals surface area contributed by atoms with Gasteiger partial charge in [0.15, 0.2) is 5.78 Å². The third-order valence-corrected chi connectivity index (χ3v) is 7.51. The first kappa shape index (κ1) is 29.9. The number of carbonyl (C=O) groups is 3. The zero-order valence-corrected chi connectivity index (χ0v) is 22.7. The lowest BCUT2D eigenvalue weighted by Crippen LogP contribution is -2.57. The number of carbonyl (C=O) groups excluding carboxylic acids is 3. The summed E-state index contributed by atoms with van der Waals surface area (Å²) in [6.45, 7) is 1.16. The first-order chi connectivity index (χ1) is 20.2. The smallest absolute Gasteiger partial charge is 0.361 e. The molecule has 12 heteroatoms. The van der Waals surface area contributed by atoms with Crippen molar-refractivity contribution in [2.45, 2.75) is 31.7 Å². The molecule has 1 aliphatic heterocycles. The summed E-state index contributed by atoms with van der Waals surface area (Å²) in [5.74, 6) is -1.66. The molecular weight excluding hydrogens is 576 g/mol. The van der Waals surface area contributed by atoms with Crippen LogP contribution < -0.4 is 0 Å². The highest BCUT2D eigenvalue weighted by molar-refractivity contribution is 6.00. The summed E-state index contributed by atoms with van der Waals surface area (Å²) in [6, 6.07) is 13.5. The average molecular weight is 602 g/mol. The molecule has 4 aromatic rings. The predicted molar refractivity (Wildman–Crippen MR) is 146 cm³/mol. The van der Waals surface area contributed by atoms with Gasteiger partial charge >= 0.3 is 12.4 Å². The second-order valence-electron chi connectivity index (χ2n) is 10.4. The number of H-pyrrole nitrogens is 1. The summed E-state index contributed by atoms with van der Waals surface area (Å²) in [4.78, 5) is 44.8. The maximum atomic E-state index is 13.7. The summed E-state index contributed by atoms with van der Waals surface area (Å²) in [7, 11) is 0. The molecular formula is C31H25F6N3O3. The Morgan fingerprint density at radius 1 is 0.791 bits per heavy atom. The second-order valence-corrected chi connectivity index (χ2v) is 10.4. The van der Waals surface area contributed by atoms with Crippen molar-refractivity contribution in [2.24, 2.45) is 0 Å². The predicted octanol–water partition coefficient (Wildman–Crippen LogP) is 6.62. The zero-order chi connectivity index (χ0) is 31.1. The summed E-state index contributed by atoms with van der Waals surface area (Å²) >= 11 is 0. The van der Waals surface area contributed by atoms with Crippen LogP contribution in [0.15, 0.2) is 72.9 Å². The van der Waals surface area contributed by atoms with Crippen molar-refractivity contribution in [2.75, 3.05) is 19.6 Å². The van der Waals surface area contributed by atoms with Crippen LogP contribution in [-0.2, 0) is 18.8 Å². The van der Waals surface area contributed by atoms with Gasteiger partial charge in [0.2, 0.25) is 0 Å². The molecule has 43 heavy (non-hydrogen) atoms. The number of amides is 2. The monoisotopic (exact) mass is 601 g/mol. The number of aromatic nitrogens is 1. The van der Waals surface area contributed by atoms with Crippen LogP contribution in [0.2, 0.25) is 0 Å². The Hall–Kier alpha value is -4.61. The number of alkyl halides is 6.